The normalized spacial score (nSPS) is 15.0. The van der Waals surface area contributed by atoms with Crippen LogP contribution in [0.1, 0.15) is 34.1 Å². The van der Waals surface area contributed by atoms with Gasteiger partial charge in [-0.1, -0.05) is 38.9 Å². The first-order valence-electron chi connectivity index (χ1n) is 7.25. The van der Waals surface area contributed by atoms with Gasteiger partial charge in [0.1, 0.15) is 0 Å². The van der Waals surface area contributed by atoms with E-state index < -0.39 is 16.4 Å². The molecule has 0 radical (unpaired) electrons. The molecular weight excluding hydrogens is 242 g/mol. The SMILES string of the molecule is CC[Si](CC)(CC)C(C)O[Si](C)(C)CCCN. The summed E-state index contributed by atoms with van der Waals surface area (Å²) in [4.78, 5) is 0. The minimum absolute atomic E-state index is 0.516. The van der Waals surface area contributed by atoms with Gasteiger partial charge in [0.25, 0.3) is 0 Å². The van der Waals surface area contributed by atoms with Gasteiger partial charge < -0.3 is 10.2 Å². The molecule has 0 aliphatic carbocycles. The summed E-state index contributed by atoms with van der Waals surface area (Å²) in [6, 6.07) is 5.25. The second-order valence-electron chi connectivity index (χ2n) is 5.84. The molecule has 0 aliphatic rings. The lowest BCUT2D eigenvalue weighted by Crippen LogP contribution is -2.50. The van der Waals surface area contributed by atoms with Crippen LogP contribution in [0, 0.1) is 0 Å². The molecule has 0 saturated heterocycles. The van der Waals surface area contributed by atoms with Crippen molar-refractivity contribution < 1.29 is 4.43 Å². The maximum absolute atomic E-state index is 6.52. The minimum atomic E-state index is -1.49. The molecule has 0 rings (SSSR count). The Balaban J connectivity index is 4.53. The molecule has 0 aromatic heterocycles. The first-order valence-corrected chi connectivity index (χ1v) is 13.1. The molecule has 4 heteroatoms. The smallest absolute Gasteiger partial charge is 0.186 e. The zero-order chi connectivity index (χ0) is 13.5. The van der Waals surface area contributed by atoms with E-state index in [9.17, 15) is 0 Å². The van der Waals surface area contributed by atoms with Crippen LogP contribution < -0.4 is 5.73 Å². The van der Waals surface area contributed by atoms with Crippen molar-refractivity contribution in [3.8, 4) is 0 Å². The summed E-state index contributed by atoms with van der Waals surface area (Å²) in [6.07, 6.45) is 1.12. The molecule has 0 fully saturated rings. The van der Waals surface area contributed by atoms with Crippen LogP contribution in [0.15, 0.2) is 0 Å². The molecule has 1 atom stereocenters. The number of rotatable bonds is 9. The average Bonchev–Trinajstić information content (AvgIpc) is 2.29. The monoisotopic (exact) mass is 275 g/mol. The Morgan fingerprint density at radius 1 is 1.06 bits per heavy atom. The van der Waals surface area contributed by atoms with Crippen molar-refractivity contribution in [1.29, 1.82) is 0 Å². The van der Waals surface area contributed by atoms with Crippen molar-refractivity contribution in [1.82, 2.24) is 0 Å². The van der Waals surface area contributed by atoms with Crippen LogP contribution >= 0.6 is 0 Å². The van der Waals surface area contributed by atoms with E-state index >= 15 is 0 Å². The van der Waals surface area contributed by atoms with E-state index in [1.807, 2.05) is 0 Å². The molecule has 2 nitrogen and oxygen atoms in total. The fraction of sp³-hybridized carbons (Fsp3) is 1.00. The third-order valence-corrected chi connectivity index (χ3v) is 13.3. The van der Waals surface area contributed by atoms with Gasteiger partial charge in [-0.05, 0) is 39.0 Å². The summed E-state index contributed by atoms with van der Waals surface area (Å²) in [5.74, 6) is 0. The quantitative estimate of drug-likeness (QED) is 0.646. The topological polar surface area (TPSA) is 35.2 Å². The second kappa shape index (κ2) is 7.72. The van der Waals surface area contributed by atoms with Crippen LogP contribution in [-0.4, -0.2) is 28.7 Å². The molecule has 2 N–H and O–H groups in total. The van der Waals surface area contributed by atoms with Crippen LogP contribution in [0.5, 0.6) is 0 Å². The lowest BCUT2D eigenvalue weighted by atomic mass is 10.5. The van der Waals surface area contributed by atoms with E-state index in [4.69, 9.17) is 10.2 Å². The number of hydrogen-bond acceptors (Lipinski definition) is 2. The number of hydrogen-bond donors (Lipinski definition) is 1. The highest BCUT2D eigenvalue weighted by Gasteiger charge is 2.37. The highest BCUT2D eigenvalue weighted by molar-refractivity contribution is 6.82. The second-order valence-corrected chi connectivity index (χ2v) is 15.7. The fourth-order valence-corrected chi connectivity index (χ4v) is 10.1. The van der Waals surface area contributed by atoms with Crippen LogP contribution in [0.25, 0.3) is 0 Å². The maximum Gasteiger partial charge on any atom is 0.186 e. The molecule has 17 heavy (non-hydrogen) atoms. The Morgan fingerprint density at radius 3 is 1.88 bits per heavy atom. The maximum atomic E-state index is 6.52. The Bertz CT molecular complexity index is 197. The van der Waals surface area contributed by atoms with Gasteiger partial charge in [0.15, 0.2) is 8.32 Å². The standard InChI is InChI=1S/C13H33NOSi2/c1-7-17(8-2,9-3)13(4)15-16(5,6)12-10-11-14/h13H,7-12,14H2,1-6H3. The summed E-state index contributed by atoms with van der Waals surface area (Å²) in [5.41, 5.74) is 6.12. The third kappa shape index (κ3) is 5.24. The van der Waals surface area contributed by atoms with Crippen molar-refractivity contribution in [2.75, 3.05) is 6.54 Å². The molecular formula is C13H33NOSi2. The molecule has 0 bridgehead atoms. The first-order chi connectivity index (χ1) is 7.87. The molecule has 0 aromatic rings. The fourth-order valence-electron chi connectivity index (χ4n) is 2.80. The molecule has 0 aliphatic heterocycles. The Kier molecular flexibility index (Phi) is 7.88. The van der Waals surface area contributed by atoms with E-state index in [1.165, 1.54) is 24.2 Å². The van der Waals surface area contributed by atoms with Gasteiger partial charge in [-0.15, -0.1) is 0 Å². The Hall–Kier alpha value is 0.354. The molecule has 0 heterocycles. The van der Waals surface area contributed by atoms with Crippen LogP contribution in [-0.2, 0) is 4.43 Å². The Labute approximate surface area is 110 Å². The van der Waals surface area contributed by atoms with Gasteiger partial charge in [0, 0.05) is 5.73 Å². The molecule has 0 amide bonds. The lowest BCUT2D eigenvalue weighted by molar-refractivity contribution is 0.274. The predicted octanol–water partition coefficient (Wildman–Crippen LogP) is 3.99. The van der Waals surface area contributed by atoms with E-state index in [0.29, 0.717) is 5.73 Å². The van der Waals surface area contributed by atoms with Gasteiger partial charge in [0.2, 0.25) is 0 Å². The van der Waals surface area contributed by atoms with Crippen molar-refractivity contribution in [3.63, 3.8) is 0 Å². The van der Waals surface area contributed by atoms with Crippen molar-refractivity contribution >= 4 is 16.4 Å². The first kappa shape index (κ1) is 17.4. The highest BCUT2D eigenvalue weighted by Crippen LogP contribution is 2.29. The van der Waals surface area contributed by atoms with Crippen molar-refractivity contribution in [2.24, 2.45) is 5.73 Å². The van der Waals surface area contributed by atoms with Crippen molar-refractivity contribution in [3.05, 3.63) is 0 Å². The van der Waals surface area contributed by atoms with Gasteiger partial charge in [-0.3, -0.25) is 0 Å². The van der Waals surface area contributed by atoms with Crippen LogP contribution in [0.2, 0.25) is 37.3 Å². The third-order valence-electron chi connectivity index (χ3n) is 4.45. The minimum Gasteiger partial charge on any atom is -0.418 e. The highest BCUT2D eigenvalue weighted by atomic mass is 28.4. The van der Waals surface area contributed by atoms with Gasteiger partial charge in [-0.2, -0.15) is 0 Å². The van der Waals surface area contributed by atoms with Crippen molar-refractivity contribution in [2.45, 2.75) is 77.1 Å². The number of nitrogens with two attached hydrogens (primary N) is 1. The largest absolute Gasteiger partial charge is 0.418 e. The molecule has 0 saturated carbocycles. The molecule has 0 aromatic carbocycles. The van der Waals surface area contributed by atoms with E-state index in [-0.39, 0.29) is 0 Å². The lowest BCUT2D eigenvalue weighted by Gasteiger charge is -2.39. The molecule has 0 spiro atoms. The Morgan fingerprint density at radius 2 is 1.53 bits per heavy atom. The van der Waals surface area contributed by atoms with E-state index in [1.54, 1.807) is 0 Å². The van der Waals surface area contributed by atoms with Crippen LogP contribution in [0.3, 0.4) is 0 Å². The summed E-state index contributed by atoms with van der Waals surface area (Å²) < 4.78 is 6.52. The summed E-state index contributed by atoms with van der Waals surface area (Å²) in [7, 11) is -2.68. The van der Waals surface area contributed by atoms with Gasteiger partial charge in [-0.25, -0.2) is 0 Å². The average molecular weight is 276 g/mol. The van der Waals surface area contributed by atoms with Crippen LogP contribution in [0.4, 0.5) is 0 Å². The summed E-state index contributed by atoms with van der Waals surface area (Å²) in [5, 5.41) is 0. The zero-order valence-electron chi connectivity index (χ0n) is 12.8. The van der Waals surface area contributed by atoms with E-state index in [0.717, 1.165) is 13.0 Å². The van der Waals surface area contributed by atoms with E-state index in [2.05, 4.69) is 40.8 Å². The van der Waals surface area contributed by atoms with Gasteiger partial charge in [0.05, 0.1) is 8.07 Å². The predicted molar refractivity (Wildman–Crippen MR) is 83.7 cm³/mol. The van der Waals surface area contributed by atoms with Gasteiger partial charge >= 0.3 is 0 Å². The summed E-state index contributed by atoms with van der Waals surface area (Å²) >= 11 is 0. The summed E-state index contributed by atoms with van der Waals surface area (Å²) in [6.45, 7) is 14.9. The molecule has 1 unspecified atom stereocenters. The zero-order valence-corrected chi connectivity index (χ0v) is 14.8. The molecule has 104 valence electrons.